The molecular formula is C23H28FN3O4S. The molecule has 1 unspecified atom stereocenters. The molecule has 172 valence electrons. The van der Waals surface area contributed by atoms with E-state index in [1.165, 1.54) is 23.4 Å². The molecule has 0 spiro atoms. The Bertz CT molecular complexity index is 1100. The van der Waals surface area contributed by atoms with Gasteiger partial charge in [0, 0.05) is 24.8 Å². The van der Waals surface area contributed by atoms with Crippen LogP contribution < -0.4 is 10.6 Å². The van der Waals surface area contributed by atoms with Crippen LogP contribution in [0.3, 0.4) is 0 Å². The number of hydrogen-bond acceptors (Lipinski definition) is 4. The van der Waals surface area contributed by atoms with E-state index in [1.54, 1.807) is 12.1 Å². The van der Waals surface area contributed by atoms with Crippen LogP contribution in [0, 0.1) is 19.7 Å². The van der Waals surface area contributed by atoms with Crippen molar-refractivity contribution in [1.82, 2.24) is 9.62 Å². The number of carbonyl (C=O) groups is 2. The lowest BCUT2D eigenvalue weighted by Gasteiger charge is -2.34. The van der Waals surface area contributed by atoms with E-state index in [9.17, 15) is 22.4 Å². The van der Waals surface area contributed by atoms with E-state index >= 15 is 0 Å². The van der Waals surface area contributed by atoms with Crippen LogP contribution in [0.25, 0.3) is 0 Å². The second-order valence-corrected chi connectivity index (χ2v) is 9.88. The van der Waals surface area contributed by atoms with Crippen LogP contribution >= 0.6 is 0 Å². The van der Waals surface area contributed by atoms with Crippen LogP contribution in [0.2, 0.25) is 0 Å². The number of nitrogens with one attached hydrogen (secondary N) is 2. The number of carbonyl (C=O) groups excluding carboxylic acids is 2. The Morgan fingerprint density at radius 1 is 1.06 bits per heavy atom. The van der Waals surface area contributed by atoms with E-state index in [0.717, 1.165) is 24.5 Å². The van der Waals surface area contributed by atoms with Gasteiger partial charge in [-0.25, -0.2) is 12.8 Å². The summed E-state index contributed by atoms with van der Waals surface area (Å²) >= 11 is 0. The highest BCUT2D eigenvalue weighted by Gasteiger charge is 2.33. The predicted molar refractivity (Wildman–Crippen MR) is 120 cm³/mol. The van der Waals surface area contributed by atoms with Gasteiger partial charge in [-0.2, -0.15) is 4.31 Å². The lowest BCUT2D eigenvalue weighted by atomic mass is 10.0. The van der Waals surface area contributed by atoms with Crippen molar-refractivity contribution in [2.45, 2.75) is 50.5 Å². The lowest BCUT2D eigenvalue weighted by Crippen LogP contribution is -2.45. The number of aryl methyl sites for hydroxylation is 2. The standard InChI is InChI=1S/C23H28FN3O4S/c1-16-7-3-4-9-21(16)26-23(29)22(28)25-13-12-18-8-5-6-14-27(18)32(30,31)19-10-11-20(24)17(2)15-19/h3-4,7,9-11,15,18H,5-6,8,12-14H2,1-2H3,(H,25,28)(H,26,29). The maximum absolute atomic E-state index is 13.6. The quantitative estimate of drug-likeness (QED) is 0.646. The number of piperidine rings is 1. The number of para-hydroxylation sites is 1. The van der Waals surface area contributed by atoms with E-state index in [1.807, 2.05) is 19.1 Å². The second kappa shape index (κ2) is 10.2. The van der Waals surface area contributed by atoms with Crippen LogP contribution in [0.1, 0.15) is 36.8 Å². The number of rotatable bonds is 6. The highest BCUT2D eigenvalue weighted by Crippen LogP contribution is 2.27. The Hall–Kier alpha value is -2.78. The molecular weight excluding hydrogens is 433 g/mol. The SMILES string of the molecule is Cc1cc(S(=O)(=O)N2CCCCC2CCNC(=O)C(=O)Nc2ccccc2C)ccc1F. The molecule has 2 aromatic rings. The molecule has 2 N–H and O–H groups in total. The summed E-state index contributed by atoms with van der Waals surface area (Å²) in [5, 5.41) is 5.15. The van der Waals surface area contributed by atoms with Crippen LogP contribution in [-0.4, -0.2) is 43.7 Å². The molecule has 1 fully saturated rings. The average molecular weight is 462 g/mol. The van der Waals surface area contributed by atoms with Gasteiger partial charge in [-0.05, 0) is 68.5 Å². The first-order valence-electron chi connectivity index (χ1n) is 10.6. The van der Waals surface area contributed by atoms with Crippen molar-refractivity contribution >= 4 is 27.5 Å². The zero-order chi connectivity index (χ0) is 23.3. The first kappa shape index (κ1) is 23.9. The van der Waals surface area contributed by atoms with E-state index in [0.29, 0.717) is 25.1 Å². The molecule has 2 amide bonds. The summed E-state index contributed by atoms with van der Waals surface area (Å²) in [5.41, 5.74) is 1.67. The van der Waals surface area contributed by atoms with E-state index in [-0.39, 0.29) is 23.0 Å². The molecule has 2 aromatic carbocycles. The Labute approximate surface area is 188 Å². The fraction of sp³-hybridized carbons (Fsp3) is 0.391. The molecule has 1 aliphatic heterocycles. The summed E-state index contributed by atoms with van der Waals surface area (Å²) in [7, 11) is -3.79. The van der Waals surface area contributed by atoms with Gasteiger partial charge in [0.1, 0.15) is 5.82 Å². The van der Waals surface area contributed by atoms with Gasteiger partial charge in [-0.15, -0.1) is 0 Å². The monoisotopic (exact) mass is 461 g/mol. The molecule has 1 atom stereocenters. The fourth-order valence-corrected chi connectivity index (χ4v) is 5.63. The van der Waals surface area contributed by atoms with Gasteiger partial charge in [0.15, 0.2) is 0 Å². The van der Waals surface area contributed by atoms with Crippen LogP contribution in [0.5, 0.6) is 0 Å². The van der Waals surface area contributed by atoms with Gasteiger partial charge >= 0.3 is 11.8 Å². The number of anilines is 1. The number of halogens is 1. The maximum Gasteiger partial charge on any atom is 0.313 e. The van der Waals surface area contributed by atoms with Gasteiger partial charge < -0.3 is 10.6 Å². The molecule has 3 rings (SSSR count). The first-order chi connectivity index (χ1) is 15.2. The third-order valence-corrected chi connectivity index (χ3v) is 7.62. The van der Waals surface area contributed by atoms with Gasteiger partial charge in [-0.1, -0.05) is 24.6 Å². The van der Waals surface area contributed by atoms with Crippen molar-refractivity contribution in [2.24, 2.45) is 0 Å². The number of hydrogen-bond donors (Lipinski definition) is 2. The summed E-state index contributed by atoms with van der Waals surface area (Å²) in [5.74, 6) is -1.99. The summed E-state index contributed by atoms with van der Waals surface area (Å²) in [4.78, 5) is 24.4. The second-order valence-electron chi connectivity index (χ2n) is 7.99. The average Bonchev–Trinajstić information content (AvgIpc) is 2.77. The normalized spacial score (nSPS) is 17.0. The number of sulfonamides is 1. The molecule has 0 bridgehead atoms. The summed E-state index contributed by atoms with van der Waals surface area (Å²) < 4.78 is 41.3. The largest absolute Gasteiger partial charge is 0.348 e. The minimum absolute atomic E-state index is 0.0601. The summed E-state index contributed by atoms with van der Waals surface area (Å²) in [6.07, 6.45) is 2.65. The topological polar surface area (TPSA) is 95.6 Å². The molecule has 7 nitrogen and oxygen atoms in total. The van der Waals surface area contributed by atoms with Crippen LogP contribution in [0.15, 0.2) is 47.4 Å². The van der Waals surface area contributed by atoms with E-state index < -0.39 is 27.7 Å². The summed E-state index contributed by atoms with van der Waals surface area (Å²) in [6, 6.07) is 10.6. The Morgan fingerprint density at radius 3 is 2.53 bits per heavy atom. The Kier molecular flexibility index (Phi) is 7.63. The van der Waals surface area contributed by atoms with Gasteiger partial charge in [0.2, 0.25) is 10.0 Å². The minimum Gasteiger partial charge on any atom is -0.348 e. The zero-order valence-corrected chi connectivity index (χ0v) is 19.0. The molecule has 1 aliphatic rings. The lowest BCUT2D eigenvalue weighted by molar-refractivity contribution is -0.136. The Balaban J connectivity index is 1.60. The number of amides is 2. The first-order valence-corrected chi connectivity index (χ1v) is 12.1. The van der Waals surface area contributed by atoms with E-state index in [2.05, 4.69) is 10.6 Å². The van der Waals surface area contributed by atoms with Gasteiger partial charge in [-0.3, -0.25) is 9.59 Å². The third-order valence-electron chi connectivity index (χ3n) is 5.67. The van der Waals surface area contributed by atoms with E-state index in [4.69, 9.17) is 0 Å². The third kappa shape index (κ3) is 5.52. The van der Waals surface area contributed by atoms with Crippen molar-refractivity contribution in [3.63, 3.8) is 0 Å². The van der Waals surface area contributed by atoms with Crippen molar-refractivity contribution in [1.29, 1.82) is 0 Å². The number of benzene rings is 2. The van der Waals surface area contributed by atoms with Crippen molar-refractivity contribution in [3.8, 4) is 0 Å². The predicted octanol–water partition coefficient (Wildman–Crippen LogP) is 3.13. The highest BCUT2D eigenvalue weighted by atomic mass is 32.2. The molecule has 0 radical (unpaired) electrons. The minimum atomic E-state index is -3.79. The molecule has 1 heterocycles. The van der Waals surface area contributed by atoms with Crippen molar-refractivity contribution in [3.05, 3.63) is 59.4 Å². The molecule has 1 saturated heterocycles. The van der Waals surface area contributed by atoms with Gasteiger partial charge in [0.05, 0.1) is 4.90 Å². The van der Waals surface area contributed by atoms with Crippen LogP contribution in [0.4, 0.5) is 10.1 Å². The van der Waals surface area contributed by atoms with Crippen molar-refractivity contribution in [2.75, 3.05) is 18.4 Å². The summed E-state index contributed by atoms with van der Waals surface area (Å²) in [6.45, 7) is 3.89. The molecule has 0 aliphatic carbocycles. The Morgan fingerprint density at radius 2 is 1.81 bits per heavy atom. The maximum atomic E-state index is 13.6. The van der Waals surface area contributed by atoms with Crippen molar-refractivity contribution < 1.29 is 22.4 Å². The fourth-order valence-electron chi connectivity index (χ4n) is 3.82. The molecule has 32 heavy (non-hydrogen) atoms. The highest BCUT2D eigenvalue weighted by molar-refractivity contribution is 7.89. The smallest absolute Gasteiger partial charge is 0.313 e. The molecule has 0 saturated carbocycles. The molecule has 9 heteroatoms. The molecule has 0 aromatic heterocycles. The van der Waals surface area contributed by atoms with Gasteiger partial charge in [0.25, 0.3) is 0 Å². The number of nitrogens with zero attached hydrogens (tertiary/aromatic N) is 1. The zero-order valence-electron chi connectivity index (χ0n) is 18.2. The van der Waals surface area contributed by atoms with Crippen LogP contribution in [-0.2, 0) is 19.6 Å².